The number of halogens is 2. The second-order valence-electron chi connectivity index (χ2n) is 13.6. The van der Waals surface area contributed by atoms with E-state index in [4.69, 9.17) is 9.72 Å². The molecule has 2 aliphatic carbocycles. The molecule has 4 heterocycles. The van der Waals surface area contributed by atoms with Crippen LogP contribution in [0.3, 0.4) is 0 Å². The third-order valence-corrected chi connectivity index (χ3v) is 11.1. The lowest BCUT2D eigenvalue weighted by Crippen LogP contribution is -2.62. The zero-order chi connectivity index (χ0) is 29.0. The highest BCUT2D eigenvalue weighted by atomic mass is 19.3. The van der Waals surface area contributed by atoms with Crippen LogP contribution in [0, 0.1) is 0 Å². The molecule has 1 aromatic heterocycles. The van der Waals surface area contributed by atoms with E-state index >= 15 is 0 Å². The van der Waals surface area contributed by atoms with Gasteiger partial charge in [-0.3, -0.25) is 14.7 Å². The molecule has 0 radical (unpaired) electrons. The average molecular weight is 579 g/mol. The number of rotatable bonds is 7. The molecule has 2 saturated heterocycles. The quantitative estimate of drug-likeness (QED) is 0.455. The number of carbonyl (C=O) groups excluding carboxylic acids is 1. The number of aromatic nitrogens is 1. The van der Waals surface area contributed by atoms with Crippen molar-refractivity contribution in [1.29, 1.82) is 0 Å². The van der Waals surface area contributed by atoms with Gasteiger partial charge in [-0.2, -0.15) is 0 Å². The Morgan fingerprint density at radius 2 is 1.95 bits per heavy atom. The molecule has 226 valence electrons. The number of benzene rings is 1. The summed E-state index contributed by atoms with van der Waals surface area (Å²) in [5.74, 6) is -2.91. The summed E-state index contributed by atoms with van der Waals surface area (Å²) in [4.78, 5) is 21.6. The fourth-order valence-corrected chi connectivity index (χ4v) is 8.95. The number of carbonyl (C=O) groups is 1. The van der Waals surface area contributed by atoms with E-state index in [9.17, 15) is 13.6 Å². The molecule has 1 N–H and O–H groups in total. The molecule has 1 spiro atoms. The Morgan fingerprint density at radius 3 is 2.71 bits per heavy atom. The van der Waals surface area contributed by atoms with Crippen molar-refractivity contribution < 1.29 is 18.3 Å². The molecule has 1 saturated carbocycles. The maximum atomic E-state index is 13.5. The van der Waals surface area contributed by atoms with Crippen LogP contribution < -0.4 is 5.32 Å². The van der Waals surface area contributed by atoms with Crippen molar-refractivity contribution in [3.63, 3.8) is 0 Å². The number of hydrogen-bond acceptors (Lipinski definition) is 5. The first kappa shape index (κ1) is 28.4. The van der Waals surface area contributed by atoms with E-state index in [0.717, 1.165) is 71.1 Å². The smallest absolute Gasteiger partial charge is 0.282 e. The van der Waals surface area contributed by atoms with Gasteiger partial charge in [0.15, 0.2) is 0 Å². The molecule has 3 aliphatic heterocycles. The second kappa shape index (κ2) is 10.9. The van der Waals surface area contributed by atoms with E-state index in [0.29, 0.717) is 0 Å². The summed E-state index contributed by atoms with van der Waals surface area (Å²) < 4.78 is 33.4. The lowest BCUT2D eigenvalue weighted by Gasteiger charge is -2.48. The maximum absolute atomic E-state index is 13.5. The minimum atomic E-state index is -2.74. The monoisotopic (exact) mass is 578 g/mol. The molecular formula is C34H44F2N4O2. The highest BCUT2D eigenvalue weighted by molar-refractivity contribution is 5.82. The van der Waals surface area contributed by atoms with Crippen molar-refractivity contribution in [2.24, 2.45) is 0 Å². The summed E-state index contributed by atoms with van der Waals surface area (Å²) in [7, 11) is 0. The summed E-state index contributed by atoms with van der Waals surface area (Å²) in [5.41, 5.74) is 5.30. The van der Waals surface area contributed by atoms with Crippen LogP contribution in [0.4, 0.5) is 8.78 Å². The topological polar surface area (TPSA) is 57.7 Å². The number of nitrogens with zero attached hydrogens (tertiary/aromatic N) is 3. The number of nitrogens with one attached hydrogen (secondary N) is 1. The first-order valence-corrected chi connectivity index (χ1v) is 16.1. The fraction of sp³-hybridized carbons (Fsp3) is 0.647. The number of amides is 1. The van der Waals surface area contributed by atoms with Crippen LogP contribution in [-0.2, 0) is 21.4 Å². The lowest BCUT2D eigenvalue weighted by atomic mass is 9.68. The van der Waals surface area contributed by atoms with E-state index in [-0.39, 0.29) is 29.0 Å². The molecule has 8 heteroatoms. The molecule has 1 amide bonds. The highest BCUT2D eigenvalue weighted by Crippen LogP contribution is 2.50. The van der Waals surface area contributed by atoms with Gasteiger partial charge in [0.05, 0.1) is 24.7 Å². The molecule has 1 aromatic carbocycles. The zero-order valence-corrected chi connectivity index (χ0v) is 24.8. The molecule has 0 bridgehead atoms. The van der Waals surface area contributed by atoms with Gasteiger partial charge in [0.25, 0.3) is 5.92 Å². The van der Waals surface area contributed by atoms with Crippen LogP contribution in [0.1, 0.15) is 99.2 Å². The highest BCUT2D eigenvalue weighted by Gasteiger charge is 2.50. The minimum Gasteiger partial charge on any atom is -0.375 e. The Hall–Kier alpha value is -2.42. The molecule has 6 nitrogen and oxygen atoms in total. The Bertz CT molecular complexity index is 1290. The van der Waals surface area contributed by atoms with Crippen LogP contribution in [0.5, 0.6) is 0 Å². The fourth-order valence-electron chi connectivity index (χ4n) is 8.95. The first-order valence-electron chi connectivity index (χ1n) is 16.1. The number of alkyl halides is 2. The van der Waals surface area contributed by atoms with E-state index in [2.05, 4.69) is 40.5 Å². The van der Waals surface area contributed by atoms with Gasteiger partial charge in [-0.25, -0.2) is 8.78 Å². The molecule has 5 aliphatic rings. The number of likely N-dealkylation sites (tertiary alicyclic amines) is 1. The van der Waals surface area contributed by atoms with Crippen LogP contribution in [0.2, 0.25) is 0 Å². The minimum absolute atomic E-state index is 0.00979. The normalized spacial score (nSPS) is 30.5. The van der Waals surface area contributed by atoms with Crippen molar-refractivity contribution in [3.05, 3.63) is 65.0 Å². The van der Waals surface area contributed by atoms with Crippen LogP contribution in [0.15, 0.2) is 42.6 Å². The summed E-state index contributed by atoms with van der Waals surface area (Å²) in [6, 6.07) is 13.0. The molecule has 42 heavy (non-hydrogen) atoms. The number of hydrogen-bond donors (Lipinski definition) is 1. The Balaban J connectivity index is 1.07. The molecular weight excluding hydrogens is 534 g/mol. The summed E-state index contributed by atoms with van der Waals surface area (Å²) in [6.07, 6.45) is 12.7. The number of ether oxygens (including phenoxy) is 1. The first-order chi connectivity index (χ1) is 20.3. The zero-order valence-electron chi connectivity index (χ0n) is 24.8. The van der Waals surface area contributed by atoms with Gasteiger partial charge < -0.3 is 15.0 Å². The van der Waals surface area contributed by atoms with Gasteiger partial charge in [-0.05, 0) is 93.7 Å². The maximum Gasteiger partial charge on any atom is 0.282 e. The third-order valence-electron chi connectivity index (χ3n) is 11.1. The second-order valence-corrected chi connectivity index (χ2v) is 13.6. The van der Waals surface area contributed by atoms with Crippen molar-refractivity contribution in [3.8, 4) is 0 Å². The van der Waals surface area contributed by atoms with Gasteiger partial charge in [0.1, 0.15) is 0 Å². The molecule has 3 unspecified atom stereocenters. The van der Waals surface area contributed by atoms with Crippen molar-refractivity contribution in [2.75, 3.05) is 32.8 Å². The van der Waals surface area contributed by atoms with Crippen molar-refractivity contribution in [1.82, 2.24) is 20.1 Å². The van der Waals surface area contributed by atoms with E-state index in [1.165, 1.54) is 40.1 Å². The Morgan fingerprint density at radius 1 is 1.12 bits per heavy atom. The molecule has 2 aromatic rings. The van der Waals surface area contributed by atoms with Gasteiger partial charge in [0.2, 0.25) is 5.91 Å². The van der Waals surface area contributed by atoms with Gasteiger partial charge in [0, 0.05) is 42.5 Å². The predicted octanol–water partition coefficient (Wildman–Crippen LogP) is 5.72. The summed E-state index contributed by atoms with van der Waals surface area (Å²) >= 11 is 0. The van der Waals surface area contributed by atoms with E-state index < -0.39 is 25.1 Å². The van der Waals surface area contributed by atoms with Gasteiger partial charge in [-0.15, -0.1) is 0 Å². The Kier molecular flexibility index (Phi) is 7.38. The predicted molar refractivity (Wildman–Crippen MR) is 157 cm³/mol. The van der Waals surface area contributed by atoms with Gasteiger partial charge >= 0.3 is 0 Å². The summed E-state index contributed by atoms with van der Waals surface area (Å²) in [5, 5.41) is 3.96. The SMILES string of the molecule is CC(C(=O)N1CC(F)(F)C1)N1CCc2cccc3c2C1CCC3NCC[C@@]1(c2ccccn2)CCOC2(CCCC2)C1. The van der Waals surface area contributed by atoms with Crippen LogP contribution in [-0.4, -0.2) is 71.0 Å². The van der Waals surface area contributed by atoms with Gasteiger partial charge in [-0.1, -0.05) is 37.1 Å². The van der Waals surface area contributed by atoms with E-state index in [1.807, 2.05) is 19.2 Å². The van der Waals surface area contributed by atoms with E-state index in [1.54, 1.807) is 0 Å². The van der Waals surface area contributed by atoms with Crippen LogP contribution >= 0.6 is 0 Å². The molecule has 3 fully saturated rings. The molecule has 7 rings (SSSR count). The number of pyridine rings is 1. The Labute approximate surface area is 248 Å². The van der Waals surface area contributed by atoms with Crippen molar-refractivity contribution in [2.45, 2.75) is 106 Å². The third kappa shape index (κ3) is 5.07. The standard InChI is InChI=1S/C34H44F2N4O2/c1-24(31(41)39-22-34(35,36)23-39)40-19-12-25-7-6-8-26-27(10-11-28(40)30(25)26)37-18-15-32(29-9-2-5-17-38-29)16-20-42-33(21-32)13-3-4-14-33/h2,5-9,17,24,27-28,37H,3-4,10-16,18-23H2,1H3/t24?,27?,28?,32-/m1/s1. The van der Waals surface area contributed by atoms with Crippen LogP contribution in [0.25, 0.3) is 0 Å². The lowest BCUT2D eigenvalue weighted by molar-refractivity contribution is -0.171. The molecule has 4 atom stereocenters. The van der Waals surface area contributed by atoms with Crippen molar-refractivity contribution >= 4 is 5.91 Å². The average Bonchev–Trinajstić information content (AvgIpc) is 3.43. The largest absolute Gasteiger partial charge is 0.375 e. The summed E-state index contributed by atoms with van der Waals surface area (Å²) in [6.45, 7) is 3.50.